The molecule has 0 saturated carbocycles. The Balaban J connectivity index is 2.59. The highest BCUT2D eigenvalue weighted by molar-refractivity contribution is 7.99. The number of nitrogens with one attached hydrogen (secondary N) is 2. The van der Waals surface area contributed by atoms with Crippen molar-refractivity contribution in [3.63, 3.8) is 0 Å². The van der Waals surface area contributed by atoms with Crippen molar-refractivity contribution in [2.24, 2.45) is 0 Å². The van der Waals surface area contributed by atoms with E-state index in [0.717, 1.165) is 12.1 Å². The van der Waals surface area contributed by atoms with Crippen LogP contribution >= 0.6 is 11.8 Å². The summed E-state index contributed by atoms with van der Waals surface area (Å²) in [5.74, 6) is -1.96. The van der Waals surface area contributed by atoms with Crippen LogP contribution in [0.1, 0.15) is 19.4 Å². The third-order valence-electron chi connectivity index (χ3n) is 2.87. The lowest BCUT2D eigenvalue weighted by atomic mass is 10.1. The number of halogens is 3. The van der Waals surface area contributed by atoms with Gasteiger partial charge in [0, 0.05) is 23.5 Å². The zero-order chi connectivity index (χ0) is 16.1. The summed E-state index contributed by atoms with van der Waals surface area (Å²) >= 11 is 1.73. The monoisotopic (exact) mass is 320 g/mol. The molecule has 2 N–H and O–H groups in total. The van der Waals surface area contributed by atoms with Gasteiger partial charge in [0.05, 0.1) is 0 Å². The number of carbonyl (C=O) groups excluding carboxylic acids is 1. The molecule has 0 fully saturated rings. The van der Waals surface area contributed by atoms with Gasteiger partial charge in [-0.3, -0.25) is 4.79 Å². The summed E-state index contributed by atoms with van der Waals surface area (Å²) in [7, 11) is 0. The quantitative estimate of drug-likeness (QED) is 0.844. The average molecular weight is 320 g/mol. The molecule has 21 heavy (non-hydrogen) atoms. The summed E-state index contributed by atoms with van der Waals surface area (Å²) in [4.78, 5) is 10.9. The molecule has 0 aliphatic rings. The lowest BCUT2D eigenvalue weighted by molar-refractivity contribution is -0.167. The van der Waals surface area contributed by atoms with Crippen molar-refractivity contribution in [1.82, 2.24) is 5.32 Å². The minimum atomic E-state index is -4.88. The number of benzene rings is 1. The van der Waals surface area contributed by atoms with Gasteiger partial charge >= 0.3 is 12.1 Å². The van der Waals surface area contributed by atoms with E-state index >= 15 is 0 Å². The lowest BCUT2D eigenvalue weighted by Crippen LogP contribution is -2.31. The second-order valence-corrected chi connectivity index (χ2v) is 6.73. The summed E-state index contributed by atoms with van der Waals surface area (Å²) in [5.41, 5.74) is 0.952. The molecule has 0 atom stereocenters. The third-order valence-corrected chi connectivity index (χ3v) is 4.12. The maximum absolute atomic E-state index is 12.2. The number of anilines is 1. The number of hydrogen-bond acceptors (Lipinski definition) is 3. The Kier molecular flexibility index (Phi) is 6.10. The standard InChI is InChI=1S/C14H19F3N2OS/c1-13(2,21-3)9-18-8-10-5-4-6-11(7-10)19-12(20)14(15,16)17/h4-7,18H,8-9H2,1-3H3,(H,19,20). The fraction of sp³-hybridized carbons (Fsp3) is 0.500. The van der Waals surface area contributed by atoms with Crippen molar-refractivity contribution in [2.75, 3.05) is 18.1 Å². The van der Waals surface area contributed by atoms with Gasteiger partial charge in [-0.2, -0.15) is 24.9 Å². The van der Waals surface area contributed by atoms with Crippen LogP contribution in [-0.4, -0.2) is 29.6 Å². The molecular weight excluding hydrogens is 301 g/mol. The van der Waals surface area contributed by atoms with Gasteiger partial charge in [0.2, 0.25) is 0 Å². The molecule has 0 radical (unpaired) electrons. The summed E-state index contributed by atoms with van der Waals surface area (Å²) in [6, 6.07) is 6.37. The van der Waals surface area contributed by atoms with Crippen LogP contribution in [0.4, 0.5) is 18.9 Å². The van der Waals surface area contributed by atoms with Crippen molar-refractivity contribution in [1.29, 1.82) is 0 Å². The maximum atomic E-state index is 12.2. The Morgan fingerprint density at radius 2 is 1.95 bits per heavy atom. The number of carbonyl (C=O) groups is 1. The molecule has 0 aliphatic heterocycles. The number of hydrogen-bond donors (Lipinski definition) is 2. The topological polar surface area (TPSA) is 41.1 Å². The predicted octanol–water partition coefficient (Wildman–Crippen LogP) is 3.42. The van der Waals surface area contributed by atoms with Crippen LogP contribution in [0.15, 0.2) is 24.3 Å². The van der Waals surface area contributed by atoms with Crippen molar-refractivity contribution in [2.45, 2.75) is 31.3 Å². The fourth-order valence-electron chi connectivity index (χ4n) is 1.54. The van der Waals surface area contributed by atoms with Crippen LogP contribution in [0.5, 0.6) is 0 Å². The summed E-state index contributed by atoms with van der Waals surface area (Å²) < 4.78 is 36.6. The Bertz CT molecular complexity index is 489. The van der Waals surface area contributed by atoms with Crippen molar-refractivity contribution in [3.8, 4) is 0 Å². The first kappa shape index (κ1) is 17.8. The number of alkyl halides is 3. The van der Waals surface area contributed by atoms with E-state index in [4.69, 9.17) is 0 Å². The molecular formula is C14H19F3N2OS. The molecule has 7 heteroatoms. The molecule has 0 bridgehead atoms. The molecule has 1 amide bonds. The van der Waals surface area contributed by atoms with Gasteiger partial charge in [-0.15, -0.1) is 0 Å². The van der Waals surface area contributed by atoms with Crippen molar-refractivity contribution in [3.05, 3.63) is 29.8 Å². The van der Waals surface area contributed by atoms with Gasteiger partial charge in [0.1, 0.15) is 0 Å². The van der Waals surface area contributed by atoms with Crippen LogP contribution in [0.3, 0.4) is 0 Å². The molecule has 0 saturated heterocycles. The predicted molar refractivity (Wildman–Crippen MR) is 80.4 cm³/mol. The van der Waals surface area contributed by atoms with Crippen LogP contribution in [0.2, 0.25) is 0 Å². The second kappa shape index (κ2) is 7.17. The van der Waals surface area contributed by atoms with Gasteiger partial charge in [0.25, 0.3) is 0 Å². The Morgan fingerprint density at radius 3 is 2.52 bits per heavy atom. The molecule has 0 aliphatic carbocycles. The Morgan fingerprint density at radius 1 is 1.29 bits per heavy atom. The molecule has 3 nitrogen and oxygen atoms in total. The first-order valence-electron chi connectivity index (χ1n) is 6.37. The molecule has 1 aromatic carbocycles. The average Bonchev–Trinajstić information content (AvgIpc) is 2.38. The smallest absolute Gasteiger partial charge is 0.318 e. The van der Waals surface area contributed by atoms with E-state index in [2.05, 4.69) is 19.2 Å². The van der Waals surface area contributed by atoms with E-state index in [-0.39, 0.29) is 10.4 Å². The largest absolute Gasteiger partial charge is 0.471 e. The van der Waals surface area contributed by atoms with E-state index < -0.39 is 12.1 Å². The molecule has 0 heterocycles. The molecule has 1 rings (SSSR count). The fourth-order valence-corrected chi connectivity index (χ4v) is 1.79. The van der Waals surface area contributed by atoms with E-state index in [1.54, 1.807) is 23.9 Å². The Hall–Kier alpha value is -1.21. The van der Waals surface area contributed by atoms with Crippen LogP contribution in [0, 0.1) is 0 Å². The van der Waals surface area contributed by atoms with E-state index in [1.165, 1.54) is 12.1 Å². The number of rotatable bonds is 6. The lowest BCUT2D eigenvalue weighted by Gasteiger charge is -2.22. The zero-order valence-electron chi connectivity index (χ0n) is 12.2. The highest BCUT2D eigenvalue weighted by Gasteiger charge is 2.38. The van der Waals surface area contributed by atoms with Crippen LogP contribution < -0.4 is 10.6 Å². The minimum Gasteiger partial charge on any atom is -0.318 e. The highest BCUT2D eigenvalue weighted by atomic mass is 32.2. The third kappa shape index (κ3) is 6.39. The highest BCUT2D eigenvalue weighted by Crippen LogP contribution is 2.21. The Labute approximate surface area is 126 Å². The summed E-state index contributed by atoms with van der Waals surface area (Å²) in [6.07, 6.45) is -2.86. The van der Waals surface area contributed by atoms with E-state index in [1.807, 2.05) is 11.6 Å². The van der Waals surface area contributed by atoms with Gasteiger partial charge in [-0.1, -0.05) is 12.1 Å². The zero-order valence-corrected chi connectivity index (χ0v) is 13.0. The summed E-state index contributed by atoms with van der Waals surface area (Å²) in [6.45, 7) is 5.50. The van der Waals surface area contributed by atoms with E-state index in [9.17, 15) is 18.0 Å². The van der Waals surface area contributed by atoms with E-state index in [0.29, 0.717) is 6.54 Å². The maximum Gasteiger partial charge on any atom is 0.471 e. The molecule has 0 spiro atoms. The molecule has 0 unspecified atom stereocenters. The molecule has 0 aromatic heterocycles. The van der Waals surface area contributed by atoms with Gasteiger partial charge < -0.3 is 10.6 Å². The number of thioether (sulfide) groups is 1. The van der Waals surface area contributed by atoms with Crippen molar-refractivity contribution >= 4 is 23.4 Å². The minimum absolute atomic E-state index is 0.0854. The second-order valence-electron chi connectivity index (χ2n) is 5.22. The van der Waals surface area contributed by atoms with Gasteiger partial charge in [-0.25, -0.2) is 0 Å². The van der Waals surface area contributed by atoms with Crippen LogP contribution in [0.25, 0.3) is 0 Å². The summed E-state index contributed by atoms with van der Waals surface area (Å²) in [5, 5.41) is 5.09. The van der Waals surface area contributed by atoms with Gasteiger partial charge in [-0.05, 0) is 37.8 Å². The number of amides is 1. The first-order chi connectivity index (χ1) is 9.64. The normalized spacial score (nSPS) is 12.3. The first-order valence-corrected chi connectivity index (χ1v) is 7.59. The van der Waals surface area contributed by atoms with Crippen molar-refractivity contribution < 1.29 is 18.0 Å². The molecule has 118 valence electrons. The van der Waals surface area contributed by atoms with Crippen LogP contribution in [-0.2, 0) is 11.3 Å². The van der Waals surface area contributed by atoms with Gasteiger partial charge in [0.15, 0.2) is 0 Å². The molecule has 1 aromatic rings. The SMILES string of the molecule is CSC(C)(C)CNCc1cccc(NC(=O)C(F)(F)F)c1.